The number of halogens is 4. The molecule has 0 aromatic heterocycles. The zero-order valence-corrected chi connectivity index (χ0v) is 21.1. The maximum atomic E-state index is 10.1. The van der Waals surface area contributed by atoms with Crippen molar-refractivity contribution >= 4 is 43.4 Å². The molecule has 0 aromatic rings. The smallest absolute Gasteiger partial charge is 1.00 e. The van der Waals surface area contributed by atoms with Crippen molar-refractivity contribution in [2.75, 3.05) is 0 Å². The van der Waals surface area contributed by atoms with Gasteiger partial charge in [-0.1, -0.05) is 0 Å². The summed E-state index contributed by atoms with van der Waals surface area (Å²) in [7, 11) is -15.3. The molecule has 0 aliphatic heterocycles. The van der Waals surface area contributed by atoms with E-state index in [1.165, 1.54) is 0 Å². The van der Waals surface area contributed by atoms with Crippen LogP contribution in [-0.2, 0) is 9.36 Å². The second-order valence-corrected chi connectivity index (χ2v) is 3.30. The summed E-state index contributed by atoms with van der Waals surface area (Å²) in [6, 6.07) is 0. The van der Waals surface area contributed by atoms with Crippen LogP contribution in [0.2, 0.25) is 0 Å². The van der Waals surface area contributed by atoms with Crippen LogP contribution in [-0.4, -0.2) is 95.5 Å². The van der Waals surface area contributed by atoms with E-state index < -0.39 is 43.4 Å². The maximum Gasteiger partial charge on any atom is 1.00 e. The molecule has 0 heterocycles. The van der Waals surface area contributed by atoms with Crippen molar-refractivity contribution in [2.45, 2.75) is 6.92 Å². The first kappa shape index (κ1) is 51.8. The van der Waals surface area contributed by atoms with Crippen LogP contribution < -0.4 is 103 Å². The van der Waals surface area contributed by atoms with Gasteiger partial charge in [-0.05, 0) is 0 Å². The fraction of sp³-hybridized carbons (Fsp3) is 0.500. The standard InChI is InChI=1S/C2H4O2.4BFH2O2.2K.H3O4P.2H/c1-2(3)4;4*2-1(3)4;;;1-5(2,3)4;;/h1H3,(H,3,4);4*3-4H;;;(H3,1,2,3,4);;/q;;;;;2*+1;;2*-1. The minimum Gasteiger partial charge on any atom is -1.00 e. The minimum absolute atomic E-state index is 0. The van der Waals surface area contributed by atoms with Crippen LogP contribution in [0.4, 0.5) is 17.3 Å². The number of aliphatic carboxylic acids is 1. The van der Waals surface area contributed by atoms with Crippen LogP contribution in [0.1, 0.15) is 9.78 Å². The van der Waals surface area contributed by atoms with Crippen molar-refractivity contribution in [1.29, 1.82) is 0 Å². The minimum atomic E-state index is -4.64. The van der Waals surface area contributed by atoms with E-state index in [-0.39, 0.29) is 106 Å². The summed E-state index contributed by atoms with van der Waals surface area (Å²) in [5.74, 6) is -0.833. The molecule has 14 nitrogen and oxygen atoms in total. The van der Waals surface area contributed by atoms with Gasteiger partial charge in [0.1, 0.15) is 0 Å². The molecule has 156 valence electrons. The molecule has 25 heteroatoms. The summed E-state index contributed by atoms with van der Waals surface area (Å²) in [5.41, 5.74) is 0. The van der Waals surface area contributed by atoms with E-state index in [4.69, 9.17) is 69.3 Å². The van der Waals surface area contributed by atoms with E-state index >= 15 is 0 Å². The normalized spacial score (nSPS) is 7.11. The first-order valence-electron chi connectivity index (χ1n) is 4.65. The Morgan fingerprint density at radius 3 is 0.704 bits per heavy atom. The quantitative estimate of drug-likeness (QED) is 0.0848. The van der Waals surface area contributed by atoms with Crippen molar-refractivity contribution < 1.29 is 192 Å². The molecule has 0 amide bonds. The van der Waals surface area contributed by atoms with Gasteiger partial charge in [0, 0.05) is 6.92 Å². The Balaban J connectivity index is -0.0000000182. The molecule has 0 saturated heterocycles. The van der Waals surface area contributed by atoms with E-state index in [1.54, 1.807) is 0 Å². The predicted molar refractivity (Wildman–Crippen MR) is 75.0 cm³/mol. The molecule has 0 aromatic carbocycles. The van der Waals surface area contributed by atoms with Gasteiger partial charge in [-0.2, -0.15) is 0 Å². The molecule has 0 atom stereocenters. The summed E-state index contributed by atoms with van der Waals surface area (Å²) in [5, 5.41) is 63.0. The molecule has 0 spiro atoms. The molecular formula is C2H17B4F4K2O14P. The van der Waals surface area contributed by atoms with Crippen molar-refractivity contribution in [3.05, 3.63) is 0 Å². The average molecular weight is 494 g/mol. The monoisotopic (exact) mass is 494 g/mol. The van der Waals surface area contributed by atoms with Crippen LogP contribution in [0.3, 0.4) is 0 Å². The van der Waals surface area contributed by atoms with Crippen molar-refractivity contribution in [3.63, 3.8) is 0 Å². The Morgan fingerprint density at radius 2 is 0.704 bits per heavy atom. The van der Waals surface area contributed by atoms with Gasteiger partial charge in [0.05, 0.1) is 0 Å². The SMILES string of the molecule is CC(=O)O.O=P(O)(O)O.OB(O)F.OB(O)F.OB(O)F.OB(O)F.[H-].[H-].[K+].[K+]. The number of carboxylic acids is 1. The van der Waals surface area contributed by atoms with Crippen LogP contribution in [0.5, 0.6) is 0 Å². The van der Waals surface area contributed by atoms with Gasteiger partial charge >= 0.3 is 140 Å². The Bertz CT molecular complexity index is 264. The molecule has 27 heavy (non-hydrogen) atoms. The molecule has 0 aliphatic carbocycles. The van der Waals surface area contributed by atoms with E-state index in [9.17, 15) is 17.3 Å². The number of carbonyl (C=O) groups is 1. The van der Waals surface area contributed by atoms with Crippen LogP contribution in [0.15, 0.2) is 0 Å². The second-order valence-electron chi connectivity index (χ2n) is 2.27. The number of hydrogen-bond acceptors (Lipinski definition) is 10. The third kappa shape index (κ3) is 3170. The fourth-order valence-corrected chi connectivity index (χ4v) is 0. The number of hydrogen-bond donors (Lipinski definition) is 12. The maximum absolute atomic E-state index is 10.1. The van der Waals surface area contributed by atoms with Gasteiger partial charge in [0.25, 0.3) is 5.97 Å². The molecule has 0 saturated carbocycles. The second kappa shape index (κ2) is 39.0. The van der Waals surface area contributed by atoms with Crippen LogP contribution >= 0.6 is 7.82 Å². The first-order valence-corrected chi connectivity index (χ1v) is 6.21. The number of rotatable bonds is 0. The van der Waals surface area contributed by atoms with Crippen LogP contribution in [0.25, 0.3) is 0 Å². The van der Waals surface area contributed by atoms with Gasteiger partial charge < -0.3 is 62.8 Å². The molecule has 12 N–H and O–H groups in total. The zero-order chi connectivity index (χ0) is 22.4. The van der Waals surface area contributed by atoms with Crippen LogP contribution in [0, 0.1) is 0 Å². The van der Waals surface area contributed by atoms with Gasteiger partial charge in [-0.15, -0.1) is 0 Å². The molecule has 0 unspecified atom stereocenters. The summed E-state index contributed by atoms with van der Waals surface area (Å²) in [6.45, 7) is 1.08. The zero-order valence-electron chi connectivity index (χ0n) is 16.0. The van der Waals surface area contributed by atoms with Gasteiger partial charge in [0.15, 0.2) is 0 Å². The summed E-state index contributed by atoms with van der Waals surface area (Å²) in [4.78, 5) is 30.6. The summed E-state index contributed by atoms with van der Waals surface area (Å²) >= 11 is 0. The average Bonchev–Trinajstić information content (AvgIpc) is 2.06. The summed E-state index contributed by atoms with van der Waals surface area (Å²) < 4.78 is 49.3. The molecule has 0 fully saturated rings. The molecule has 0 bridgehead atoms. The Kier molecular flexibility index (Phi) is 75.0. The number of phosphoric acid groups is 1. The van der Waals surface area contributed by atoms with E-state index in [1.807, 2.05) is 0 Å². The summed E-state index contributed by atoms with van der Waals surface area (Å²) in [6.07, 6.45) is 0. The molecule has 0 rings (SSSR count). The predicted octanol–water partition coefficient (Wildman–Crippen LogP) is -10.9. The largest absolute Gasteiger partial charge is 1.00 e. The Morgan fingerprint density at radius 1 is 0.704 bits per heavy atom. The molecule has 0 radical (unpaired) electrons. The topological polar surface area (TPSA) is 277 Å². The Hall–Kier alpha value is 2.51. The fourth-order valence-electron chi connectivity index (χ4n) is 0. The third-order valence-corrected chi connectivity index (χ3v) is 0. The molecular weight excluding hydrogens is 476 g/mol. The van der Waals surface area contributed by atoms with Crippen molar-refractivity contribution in [1.82, 2.24) is 0 Å². The van der Waals surface area contributed by atoms with E-state index in [0.717, 1.165) is 6.92 Å². The molecule has 0 aliphatic rings. The first-order chi connectivity index (χ1) is 10.7. The van der Waals surface area contributed by atoms with Crippen molar-refractivity contribution in [2.24, 2.45) is 0 Å². The van der Waals surface area contributed by atoms with Gasteiger partial charge in [-0.25, -0.2) is 4.57 Å². The van der Waals surface area contributed by atoms with E-state index in [2.05, 4.69) is 0 Å². The van der Waals surface area contributed by atoms with Crippen molar-refractivity contribution in [3.8, 4) is 0 Å². The van der Waals surface area contributed by atoms with Gasteiger partial charge in [-0.3, -0.25) is 22.1 Å². The number of carboxylic acid groups (broad SMARTS) is 1. The Labute approximate surface area is 239 Å². The van der Waals surface area contributed by atoms with Gasteiger partial charge in [0.2, 0.25) is 0 Å². The third-order valence-electron chi connectivity index (χ3n) is 0. The van der Waals surface area contributed by atoms with E-state index in [0.29, 0.717) is 0 Å².